The first-order valence-electron chi connectivity index (χ1n) is 4.12. The van der Waals surface area contributed by atoms with E-state index in [9.17, 15) is 4.21 Å². The number of unbranched alkanes of at least 4 members (excludes halogenated alkanes) is 1. The highest BCUT2D eigenvalue weighted by molar-refractivity contribution is 8.83. The molecule has 0 aromatic carbocycles. The fourth-order valence-corrected chi connectivity index (χ4v) is 3.45. The van der Waals surface area contributed by atoms with Gasteiger partial charge in [0.15, 0.2) is 11.1 Å². The van der Waals surface area contributed by atoms with Gasteiger partial charge in [0.1, 0.15) is 4.32 Å². The Bertz CT molecular complexity index is 198. The predicted octanol–water partition coefficient (Wildman–Crippen LogP) is 2.22. The lowest BCUT2D eigenvalue weighted by atomic mass is 10.4. The Kier molecular flexibility index (Phi) is 9.41. The van der Waals surface area contributed by atoms with Gasteiger partial charge >= 0.3 is 0 Å². The molecule has 0 saturated heterocycles. The van der Waals surface area contributed by atoms with E-state index in [4.69, 9.17) is 16.8 Å². The maximum atomic E-state index is 10.3. The van der Waals surface area contributed by atoms with E-state index in [0.29, 0.717) is 5.75 Å². The third-order valence-electron chi connectivity index (χ3n) is 1.29. The number of rotatable bonds is 6. The first-order chi connectivity index (χ1) is 6.54. The molecule has 14 heavy (non-hydrogen) atoms. The summed E-state index contributed by atoms with van der Waals surface area (Å²) in [5.74, 6) is 1.35. The summed E-state index contributed by atoms with van der Waals surface area (Å²) < 4.78 is 19.7. The van der Waals surface area contributed by atoms with E-state index in [1.807, 2.05) is 19.0 Å². The van der Waals surface area contributed by atoms with E-state index < -0.39 is 11.1 Å². The molecule has 0 amide bonds. The summed E-state index contributed by atoms with van der Waals surface area (Å²) in [6.45, 7) is 0. The smallest absolute Gasteiger partial charge is 0.152 e. The number of hydrogen-bond acceptors (Lipinski definition) is 4. The maximum absolute atomic E-state index is 10.3. The van der Waals surface area contributed by atoms with Gasteiger partial charge in [0.25, 0.3) is 0 Å². The van der Waals surface area contributed by atoms with Crippen LogP contribution in [0.5, 0.6) is 0 Å². The van der Waals surface area contributed by atoms with E-state index in [0.717, 1.165) is 22.9 Å². The Morgan fingerprint density at radius 3 is 2.64 bits per heavy atom. The van der Waals surface area contributed by atoms with Gasteiger partial charge in [-0.05, 0) is 23.6 Å². The highest BCUT2D eigenvalue weighted by Gasteiger charge is 2.00. The number of thiocarbonyl (C=S) groups is 1. The van der Waals surface area contributed by atoms with Crippen LogP contribution in [-0.2, 0) is 11.1 Å². The summed E-state index contributed by atoms with van der Waals surface area (Å²) in [5, 5.41) is 0. The maximum Gasteiger partial charge on any atom is 0.152 e. The van der Waals surface area contributed by atoms with Crippen LogP contribution in [0.4, 0.5) is 0 Å². The second kappa shape index (κ2) is 8.96. The van der Waals surface area contributed by atoms with Crippen molar-refractivity contribution in [1.82, 2.24) is 4.90 Å². The standard InChI is InChI=1S/C7H15NO2S4/c1-8(2)7(11)13-12-5-3-4-6-14(9)10/h3-6H2,1-2H3,(H,9,10). The molecule has 0 saturated carbocycles. The summed E-state index contributed by atoms with van der Waals surface area (Å²) in [7, 11) is 7.12. The number of nitrogens with zero attached hydrogens (tertiary/aromatic N) is 1. The molecule has 0 aromatic rings. The SMILES string of the molecule is CN(C)C(=S)SSCCCCS(=O)O. The quantitative estimate of drug-likeness (QED) is 0.346. The Balaban J connectivity index is 3.22. The Labute approximate surface area is 101 Å². The molecule has 0 fully saturated rings. The van der Waals surface area contributed by atoms with Crippen molar-refractivity contribution in [3.05, 3.63) is 0 Å². The zero-order valence-electron chi connectivity index (χ0n) is 8.26. The fourth-order valence-electron chi connectivity index (χ4n) is 0.553. The summed E-state index contributed by atoms with van der Waals surface area (Å²) in [4.78, 5) is 1.90. The lowest BCUT2D eigenvalue weighted by Gasteiger charge is -2.11. The molecule has 0 heterocycles. The van der Waals surface area contributed by atoms with Crippen molar-refractivity contribution in [2.24, 2.45) is 0 Å². The van der Waals surface area contributed by atoms with Gasteiger partial charge in [0.2, 0.25) is 0 Å². The van der Waals surface area contributed by atoms with Crippen molar-refractivity contribution in [2.75, 3.05) is 25.6 Å². The molecule has 0 aliphatic heterocycles. The van der Waals surface area contributed by atoms with E-state index in [-0.39, 0.29) is 0 Å². The largest absolute Gasteiger partial charge is 0.363 e. The van der Waals surface area contributed by atoms with E-state index in [1.165, 1.54) is 0 Å². The molecule has 0 bridgehead atoms. The van der Waals surface area contributed by atoms with Crippen LogP contribution in [-0.4, -0.2) is 43.6 Å². The van der Waals surface area contributed by atoms with Crippen molar-refractivity contribution in [2.45, 2.75) is 12.8 Å². The van der Waals surface area contributed by atoms with Gasteiger partial charge in [-0.3, -0.25) is 0 Å². The summed E-state index contributed by atoms with van der Waals surface area (Å²) in [6.07, 6.45) is 1.76. The minimum atomic E-state index is -1.64. The van der Waals surface area contributed by atoms with Crippen molar-refractivity contribution < 1.29 is 8.76 Å². The third-order valence-corrected chi connectivity index (χ3v) is 5.27. The molecular weight excluding hydrogens is 258 g/mol. The Morgan fingerprint density at radius 1 is 1.50 bits per heavy atom. The molecule has 1 atom stereocenters. The molecule has 84 valence electrons. The summed E-state index contributed by atoms with van der Waals surface area (Å²) in [6, 6.07) is 0. The average Bonchev–Trinajstić information content (AvgIpc) is 2.09. The minimum Gasteiger partial charge on any atom is -0.363 e. The van der Waals surface area contributed by atoms with Crippen LogP contribution in [0.15, 0.2) is 0 Å². The fraction of sp³-hybridized carbons (Fsp3) is 0.857. The highest BCUT2D eigenvalue weighted by atomic mass is 33.1. The lowest BCUT2D eigenvalue weighted by Crippen LogP contribution is -2.14. The molecule has 1 N–H and O–H groups in total. The Morgan fingerprint density at radius 2 is 2.14 bits per heavy atom. The Hall–Kier alpha value is 0.700. The normalized spacial score (nSPS) is 12.5. The van der Waals surface area contributed by atoms with Crippen LogP contribution in [0.3, 0.4) is 0 Å². The predicted molar refractivity (Wildman–Crippen MR) is 71.2 cm³/mol. The van der Waals surface area contributed by atoms with Gasteiger partial charge in [-0.25, -0.2) is 4.21 Å². The van der Waals surface area contributed by atoms with Gasteiger partial charge in [-0.1, -0.05) is 23.0 Å². The van der Waals surface area contributed by atoms with Crippen LogP contribution in [0.2, 0.25) is 0 Å². The first-order valence-corrected chi connectivity index (χ1v) is 8.12. The minimum absolute atomic E-state index is 0.378. The van der Waals surface area contributed by atoms with Crippen molar-refractivity contribution in [3.8, 4) is 0 Å². The monoisotopic (exact) mass is 273 g/mol. The van der Waals surface area contributed by atoms with Crippen LogP contribution >= 0.6 is 33.8 Å². The molecule has 0 aliphatic carbocycles. The topological polar surface area (TPSA) is 40.5 Å². The zero-order chi connectivity index (χ0) is 11.0. The zero-order valence-corrected chi connectivity index (χ0v) is 11.5. The third kappa shape index (κ3) is 9.26. The lowest BCUT2D eigenvalue weighted by molar-refractivity contribution is 0.561. The summed E-state index contributed by atoms with van der Waals surface area (Å²) >= 11 is 3.44. The molecule has 1 unspecified atom stereocenters. The van der Waals surface area contributed by atoms with Gasteiger partial charge < -0.3 is 9.45 Å². The summed E-state index contributed by atoms with van der Waals surface area (Å²) in [5.41, 5.74) is 0. The molecular formula is C7H15NO2S4. The van der Waals surface area contributed by atoms with Gasteiger partial charge in [-0.2, -0.15) is 0 Å². The van der Waals surface area contributed by atoms with Gasteiger partial charge in [0.05, 0.1) is 0 Å². The van der Waals surface area contributed by atoms with Crippen LogP contribution in [0, 0.1) is 0 Å². The second-order valence-electron chi connectivity index (χ2n) is 2.80. The first kappa shape index (κ1) is 14.7. The van der Waals surface area contributed by atoms with E-state index >= 15 is 0 Å². The molecule has 0 rings (SSSR count). The molecule has 3 nitrogen and oxygen atoms in total. The van der Waals surface area contributed by atoms with Gasteiger partial charge in [-0.15, -0.1) is 0 Å². The van der Waals surface area contributed by atoms with Crippen molar-refractivity contribution in [1.29, 1.82) is 0 Å². The molecule has 7 heteroatoms. The second-order valence-corrected chi connectivity index (χ2v) is 6.90. The molecule has 0 aliphatic rings. The molecule has 0 spiro atoms. The molecule has 0 radical (unpaired) electrons. The highest BCUT2D eigenvalue weighted by Crippen LogP contribution is 2.25. The van der Waals surface area contributed by atoms with Crippen molar-refractivity contribution >= 4 is 49.2 Å². The van der Waals surface area contributed by atoms with E-state index in [1.54, 1.807) is 21.6 Å². The van der Waals surface area contributed by atoms with Crippen molar-refractivity contribution in [3.63, 3.8) is 0 Å². The van der Waals surface area contributed by atoms with Gasteiger partial charge in [0, 0.05) is 25.6 Å². The van der Waals surface area contributed by atoms with Crippen LogP contribution in [0.25, 0.3) is 0 Å². The average molecular weight is 273 g/mol. The van der Waals surface area contributed by atoms with E-state index in [2.05, 4.69) is 0 Å². The van der Waals surface area contributed by atoms with Crippen LogP contribution in [0.1, 0.15) is 12.8 Å². The molecule has 0 aromatic heterocycles. The van der Waals surface area contributed by atoms with Crippen LogP contribution < -0.4 is 0 Å². The number of hydrogen-bond donors (Lipinski definition) is 1.